The van der Waals surface area contributed by atoms with Gasteiger partial charge in [0.05, 0.1) is 12.2 Å². The Kier molecular flexibility index (Phi) is 6.68. The van der Waals surface area contributed by atoms with Crippen molar-refractivity contribution in [2.24, 2.45) is 0 Å². The average Bonchev–Trinajstić information content (AvgIpc) is 3.26. The first-order valence-corrected chi connectivity index (χ1v) is 9.43. The minimum Gasteiger partial charge on any atom is -0.487 e. The number of benzene rings is 2. The number of anilines is 2. The summed E-state index contributed by atoms with van der Waals surface area (Å²) in [5.41, 5.74) is 2.07. The van der Waals surface area contributed by atoms with Gasteiger partial charge in [0.15, 0.2) is 0 Å². The van der Waals surface area contributed by atoms with Crippen LogP contribution in [0.15, 0.2) is 61.2 Å². The van der Waals surface area contributed by atoms with E-state index in [1.165, 1.54) is 0 Å². The molecule has 1 aliphatic heterocycles. The molecule has 1 fully saturated rings. The second-order valence-corrected chi connectivity index (χ2v) is 6.57. The SMILES string of the molecule is C=CCOc1ccccc1NC(=O)CNc1ccc(C(=O)N2CCCC2)cc1. The molecule has 3 rings (SSSR count). The van der Waals surface area contributed by atoms with Crippen LogP contribution in [-0.2, 0) is 4.79 Å². The number of nitrogens with one attached hydrogen (secondary N) is 2. The van der Waals surface area contributed by atoms with E-state index in [-0.39, 0.29) is 18.4 Å². The van der Waals surface area contributed by atoms with Crippen molar-refractivity contribution in [3.05, 3.63) is 66.7 Å². The number of ether oxygens (including phenoxy) is 1. The van der Waals surface area contributed by atoms with Crippen LogP contribution in [0.3, 0.4) is 0 Å². The number of likely N-dealkylation sites (tertiary alicyclic amines) is 1. The molecule has 1 aliphatic rings. The van der Waals surface area contributed by atoms with Crippen molar-refractivity contribution in [3.8, 4) is 5.75 Å². The molecule has 0 atom stereocenters. The fourth-order valence-electron chi connectivity index (χ4n) is 3.05. The Labute approximate surface area is 165 Å². The molecule has 0 unspecified atom stereocenters. The fraction of sp³-hybridized carbons (Fsp3) is 0.273. The maximum absolute atomic E-state index is 12.4. The van der Waals surface area contributed by atoms with Crippen molar-refractivity contribution < 1.29 is 14.3 Å². The van der Waals surface area contributed by atoms with Gasteiger partial charge in [-0.1, -0.05) is 24.8 Å². The summed E-state index contributed by atoms with van der Waals surface area (Å²) in [6.45, 7) is 5.76. The molecule has 0 aliphatic carbocycles. The van der Waals surface area contributed by atoms with Crippen LogP contribution in [-0.4, -0.2) is 43.0 Å². The highest BCUT2D eigenvalue weighted by atomic mass is 16.5. The molecule has 0 bridgehead atoms. The molecule has 2 amide bonds. The number of carbonyl (C=O) groups is 2. The van der Waals surface area contributed by atoms with Crippen molar-refractivity contribution in [1.82, 2.24) is 4.90 Å². The van der Waals surface area contributed by atoms with E-state index in [9.17, 15) is 9.59 Å². The second-order valence-electron chi connectivity index (χ2n) is 6.57. The molecule has 0 radical (unpaired) electrons. The topological polar surface area (TPSA) is 70.7 Å². The number of rotatable bonds is 8. The molecule has 0 saturated carbocycles. The highest BCUT2D eigenvalue weighted by Gasteiger charge is 2.19. The number of hydrogen-bond acceptors (Lipinski definition) is 4. The summed E-state index contributed by atoms with van der Waals surface area (Å²) < 4.78 is 5.54. The van der Waals surface area contributed by atoms with Gasteiger partial charge in [0.25, 0.3) is 5.91 Å². The first kappa shape index (κ1) is 19.5. The Balaban J connectivity index is 1.52. The van der Waals surface area contributed by atoms with Gasteiger partial charge in [-0.3, -0.25) is 9.59 Å². The standard InChI is InChI=1S/C22H25N3O3/c1-2-15-28-20-8-4-3-7-19(20)24-21(26)16-23-18-11-9-17(10-12-18)22(27)25-13-5-6-14-25/h2-4,7-12,23H,1,5-6,13-16H2,(H,24,26). The summed E-state index contributed by atoms with van der Waals surface area (Å²) in [6, 6.07) is 14.5. The fourth-order valence-corrected chi connectivity index (χ4v) is 3.05. The number of hydrogen-bond donors (Lipinski definition) is 2. The molecule has 2 aromatic carbocycles. The molecule has 1 heterocycles. The maximum Gasteiger partial charge on any atom is 0.253 e. The highest BCUT2D eigenvalue weighted by Crippen LogP contribution is 2.23. The smallest absolute Gasteiger partial charge is 0.253 e. The van der Waals surface area contributed by atoms with Crippen molar-refractivity contribution in [3.63, 3.8) is 0 Å². The molecule has 6 nitrogen and oxygen atoms in total. The summed E-state index contributed by atoms with van der Waals surface area (Å²) in [6.07, 6.45) is 3.79. The van der Waals surface area contributed by atoms with E-state index in [1.54, 1.807) is 30.3 Å². The quantitative estimate of drug-likeness (QED) is 0.689. The van der Waals surface area contributed by atoms with Crippen LogP contribution < -0.4 is 15.4 Å². The Bertz CT molecular complexity index is 827. The average molecular weight is 379 g/mol. The van der Waals surface area contributed by atoms with Crippen LogP contribution >= 0.6 is 0 Å². The van der Waals surface area contributed by atoms with E-state index in [0.29, 0.717) is 23.6 Å². The van der Waals surface area contributed by atoms with Crippen LogP contribution in [0.5, 0.6) is 5.75 Å². The van der Waals surface area contributed by atoms with Crippen LogP contribution in [0.4, 0.5) is 11.4 Å². The van der Waals surface area contributed by atoms with Crippen molar-refractivity contribution in [1.29, 1.82) is 0 Å². The van der Waals surface area contributed by atoms with E-state index < -0.39 is 0 Å². The van der Waals surface area contributed by atoms with Crippen molar-refractivity contribution in [2.75, 3.05) is 36.9 Å². The van der Waals surface area contributed by atoms with Crippen molar-refractivity contribution in [2.45, 2.75) is 12.8 Å². The molecule has 0 spiro atoms. The van der Waals surface area contributed by atoms with Crippen LogP contribution in [0, 0.1) is 0 Å². The van der Waals surface area contributed by atoms with Gasteiger partial charge in [-0.15, -0.1) is 0 Å². The van der Waals surface area contributed by atoms with Gasteiger partial charge in [0.1, 0.15) is 12.4 Å². The Hall–Kier alpha value is -3.28. The number of carbonyl (C=O) groups excluding carboxylic acids is 2. The van der Waals surface area contributed by atoms with Gasteiger partial charge in [-0.2, -0.15) is 0 Å². The molecule has 1 saturated heterocycles. The summed E-state index contributed by atoms with van der Waals surface area (Å²) in [7, 11) is 0. The Morgan fingerprint density at radius 3 is 2.50 bits per heavy atom. The molecule has 6 heteroatoms. The zero-order valence-electron chi connectivity index (χ0n) is 15.8. The normalized spacial score (nSPS) is 13.1. The van der Waals surface area contributed by atoms with E-state index in [0.717, 1.165) is 31.6 Å². The number of nitrogens with zero attached hydrogens (tertiary/aromatic N) is 1. The zero-order valence-corrected chi connectivity index (χ0v) is 15.8. The highest BCUT2D eigenvalue weighted by molar-refractivity contribution is 5.96. The predicted octanol–water partition coefficient (Wildman–Crippen LogP) is 3.54. The minimum atomic E-state index is -0.188. The first-order valence-electron chi connectivity index (χ1n) is 9.43. The predicted molar refractivity (Wildman–Crippen MR) is 111 cm³/mol. The van der Waals surface area contributed by atoms with E-state index in [1.807, 2.05) is 29.2 Å². The maximum atomic E-state index is 12.4. The van der Waals surface area contributed by atoms with Gasteiger partial charge < -0.3 is 20.3 Å². The van der Waals surface area contributed by atoms with Gasteiger partial charge >= 0.3 is 0 Å². The lowest BCUT2D eigenvalue weighted by molar-refractivity contribution is -0.114. The van der Waals surface area contributed by atoms with Gasteiger partial charge in [-0.25, -0.2) is 0 Å². The Morgan fingerprint density at radius 1 is 1.07 bits per heavy atom. The molecule has 0 aromatic heterocycles. The molecule has 2 aromatic rings. The van der Waals surface area contributed by atoms with E-state index in [2.05, 4.69) is 17.2 Å². The van der Waals surface area contributed by atoms with Crippen molar-refractivity contribution >= 4 is 23.2 Å². The van der Waals surface area contributed by atoms with Crippen LogP contribution in [0.25, 0.3) is 0 Å². The Morgan fingerprint density at radius 2 is 1.79 bits per heavy atom. The monoisotopic (exact) mass is 379 g/mol. The lowest BCUT2D eigenvalue weighted by Crippen LogP contribution is -2.27. The van der Waals surface area contributed by atoms with Gasteiger partial charge in [-0.05, 0) is 49.2 Å². The van der Waals surface area contributed by atoms with Gasteiger partial charge in [0, 0.05) is 24.3 Å². The third-order valence-electron chi connectivity index (χ3n) is 4.50. The van der Waals surface area contributed by atoms with Gasteiger partial charge in [0.2, 0.25) is 5.91 Å². The van der Waals surface area contributed by atoms with Crippen LogP contribution in [0.1, 0.15) is 23.2 Å². The summed E-state index contributed by atoms with van der Waals surface area (Å²) in [5, 5.41) is 5.90. The molecular formula is C22H25N3O3. The lowest BCUT2D eigenvalue weighted by Gasteiger charge is -2.15. The number of para-hydroxylation sites is 2. The minimum absolute atomic E-state index is 0.0675. The molecule has 146 valence electrons. The summed E-state index contributed by atoms with van der Waals surface area (Å²) >= 11 is 0. The second kappa shape index (κ2) is 9.60. The van der Waals surface area contributed by atoms with E-state index >= 15 is 0 Å². The molecule has 2 N–H and O–H groups in total. The lowest BCUT2D eigenvalue weighted by atomic mass is 10.2. The van der Waals surface area contributed by atoms with E-state index in [4.69, 9.17) is 4.74 Å². The van der Waals surface area contributed by atoms with Crippen LogP contribution in [0.2, 0.25) is 0 Å². The summed E-state index contributed by atoms with van der Waals surface area (Å²) in [4.78, 5) is 26.5. The first-order chi connectivity index (χ1) is 13.7. The number of amides is 2. The third-order valence-corrected chi connectivity index (χ3v) is 4.50. The zero-order chi connectivity index (χ0) is 19.8. The summed E-state index contributed by atoms with van der Waals surface area (Å²) in [5.74, 6) is 0.477. The third kappa shape index (κ3) is 5.13. The molecular weight excluding hydrogens is 354 g/mol. The molecule has 28 heavy (non-hydrogen) atoms. The largest absolute Gasteiger partial charge is 0.487 e.